The van der Waals surface area contributed by atoms with Crippen molar-refractivity contribution >= 4 is 17.8 Å². The first-order valence-electron chi connectivity index (χ1n) is 8.89. The zero-order valence-corrected chi connectivity index (χ0v) is 14.8. The Labute approximate surface area is 152 Å². The maximum absolute atomic E-state index is 11.7. The van der Waals surface area contributed by atoms with Crippen LogP contribution in [-0.2, 0) is 16.1 Å². The quantitative estimate of drug-likeness (QED) is 0.858. The lowest BCUT2D eigenvalue weighted by atomic mass is 9.99. The first-order chi connectivity index (χ1) is 12.7. The Balaban J connectivity index is 1.60. The summed E-state index contributed by atoms with van der Waals surface area (Å²) < 4.78 is 5.40. The van der Waals surface area contributed by atoms with Crippen LogP contribution in [0.25, 0.3) is 0 Å². The van der Waals surface area contributed by atoms with E-state index in [-0.39, 0.29) is 0 Å². The van der Waals surface area contributed by atoms with E-state index >= 15 is 0 Å². The molecule has 2 aliphatic rings. The number of aryl methyl sites for hydroxylation is 1. The van der Waals surface area contributed by atoms with Gasteiger partial charge in [-0.1, -0.05) is 6.07 Å². The normalized spacial score (nSPS) is 20.0. The molecule has 2 aliphatic heterocycles. The van der Waals surface area contributed by atoms with Crippen LogP contribution in [0.2, 0.25) is 0 Å². The Morgan fingerprint density at radius 1 is 1.27 bits per heavy atom. The van der Waals surface area contributed by atoms with Gasteiger partial charge in [-0.3, -0.25) is 14.9 Å². The number of aliphatic imine (C=N–C) groups is 1. The number of pyridine rings is 1. The minimum atomic E-state index is -0.487. The number of carbonyl (C=O) groups excluding carboxylic acids is 1. The summed E-state index contributed by atoms with van der Waals surface area (Å²) in [5.74, 6) is 0.709. The number of hydrogen-bond acceptors (Lipinski definition) is 6. The van der Waals surface area contributed by atoms with Gasteiger partial charge in [-0.2, -0.15) is 0 Å². The van der Waals surface area contributed by atoms with E-state index in [0.29, 0.717) is 5.84 Å². The third kappa shape index (κ3) is 3.52. The number of anilines is 1. The van der Waals surface area contributed by atoms with E-state index in [1.807, 2.05) is 25.1 Å². The molecule has 1 unspecified atom stereocenters. The number of nitrogens with zero attached hydrogens (tertiary/aromatic N) is 3. The predicted octanol–water partition coefficient (Wildman–Crippen LogP) is 2.33. The maximum Gasteiger partial charge on any atom is 0.149 e. The highest BCUT2D eigenvalue weighted by Crippen LogP contribution is 2.31. The molecule has 1 fully saturated rings. The van der Waals surface area contributed by atoms with E-state index in [9.17, 15) is 4.79 Å². The first-order valence-corrected chi connectivity index (χ1v) is 8.89. The Kier molecular flexibility index (Phi) is 4.77. The number of aromatic nitrogens is 1. The molecule has 1 atom stereocenters. The number of rotatable bonds is 4. The topological polar surface area (TPSA) is 66.8 Å². The lowest BCUT2D eigenvalue weighted by Crippen LogP contribution is -2.35. The zero-order valence-electron chi connectivity index (χ0n) is 14.8. The van der Waals surface area contributed by atoms with Gasteiger partial charge in [0.1, 0.15) is 18.2 Å². The molecule has 1 aromatic heterocycles. The summed E-state index contributed by atoms with van der Waals surface area (Å²) in [4.78, 5) is 22.9. The largest absolute Gasteiger partial charge is 0.379 e. The highest BCUT2D eigenvalue weighted by molar-refractivity contribution is 6.10. The van der Waals surface area contributed by atoms with Crippen LogP contribution in [0.15, 0.2) is 41.5 Å². The second-order valence-corrected chi connectivity index (χ2v) is 6.68. The molecular weight excluding hydrogens is 328 g/mol. The Bertz CT molecular complexity index is 843. The van der Waals surface area contributed by atoms with Crippen molar-refractivity contribution in [2.24, 2.45) is 4.99 Å². The fourth-order valence-corrected chi connectivity index (χ4v) is 3.40. The van der Waals surface area contributed by atoms with Crippen molar-refractivity contribution in [2.45, 2.75) is 19.5 Å². The second-order valence-electron chi connectivity index (χ2n) is 6.68. The van der Waals surface area contributed by atoms with Gasteiger partial charge in [0.05, 0.1) is 13.2 Å². The number of carbonyl (C=O) groups is 1. The first kappa shape index (κ1) is 16.9. The Morgan fingerprint density at radius 3 is 2.88 bits per heavy atom. The third-order valence-electron chi connectivity index (χ3n) is 4.76. The fraction of sp³-hybridized carbons (Fsp3) is 0.350. The highest BCUT2D eigenvalue weighted by Gasteiger charge is 2.23. The predicted molar refractivity (Wildman–Crippen MR) is 100 cm³/mol. The maximum atomic E-state index is 11.7. The molecule has 0 spiro atoms. The van der Waals surface area contributed by atoms with Crippen molar-refractivity contribution in [3.8, 4) is 0 Å². The summed E-state index contributed by atoms with van der Waals surface area (Å²) in [6, 6.07) is 9.63. The molecule has 1 aromatic carbocycles. The summed E-state index contributed by atoms with van der Waals surface area (Å²) in [5.41, 5.74) is 4.92. The summed E-state index contributed by atoms with van der Waals surface area (Å²) in [7, 11) is 0. The van der Waals surface area contributed by atoms with E-state index in [0.717, 1.165) is 61.6 Å². The molecule has 6 heteroatoms. The van der Waals surface area contributed by atoms with Crippen LogP contribution in [-0.4, -0.2) is 48.3 Å². The molecule has 4 rings (SSSR count). The summed E-state index contributed by atoms with van der Waals surface area (Å²) >= 11 is 0. The lowest BCUT2D eigenvalue weighted by molar-refractivity contribution is -0.108. The van der Waals surface area contributed by atoms with Gasteiger partial charge < -0.3 is 14.8 Å². The lowest BCUT2D eigenvalue weighted by Gasteiger charge is -2.28. The standard InChI is InChI=1S/C20H22N4O2/c1-14-10-16(4-5-21-14)20-22-18-3-2-15(11-17(18)19(13-25)23-20)12-24-6-8-26-9-7-24/h2-5,10-11,13,19H,6-9,12H2,1H3,(H,22,23). The van der Waals surface area contributed by atoms with Crippen molar-refractivity contribution in [1.82, 2.24) is 9.88 Å². The van der Waals surface area contributed by atoms with E-state index < -0.39 is 6.04 Å². The second kappa shape index (κ2) is 7.35. The molecule has 0 aliphatic carbocycles. The SMILES string of the molecule is Cc1cc(C2=NC(C=O)c3cc(CN4CCOCC4)ccc3N2)ccn1. The average Bonchev–Trinajstić information content (AvgIpc) is 2.68. The summed E-state index contributed by atoms with van der Waals surface area (Å²) in [5, 5.41) is 3.37. The molecule has 2 aromatic rings. The molecule has 0 amide bonds. The smallest absolute Gasteiger partial charge is 0.149 e. The Morgan fingerprint density at radius 2 is 2.12 bits per heavy atom. The van der Waals surface area contributed by atoms with E-state index in [2.05, 4.69) is 32.3 Å². The molecule has 1 N–H and O–H groups in total. The minimum Gasteiger partial charge on any atom is -0.379 e. The van der Waals surface area contributed by atoms with Crippen molar-refractivity contribution in [3.63, 3.8) is 0 Å². The van der Waals surface area contributed by atoms with E-state index in [4.69, 9.17) is 4.74 Å². The van der Waals surface area contributed by atoms with Crippen LogP contribution >= 0.6 is 0 Å². The number of nitrogens with one attached hydrogen (secondary N) is 1. The van der Waals surface area contributed by atoms with Crippen LogP contribution in [0.1, 0.15) is 28.4 Å². The van der Waals surface area contributed by atoms with Gasteiger partial charge in [-0.25, -0.2) is 0 Å². The summed E-state index contributed by atoms with van der Waals surface area (Å²) in [6.45, 7) is 6.25. The van der Waals surface area contributed by atoms with Gasteiger partial charge in [0.15, 0.2) is 0 Å². The van der Waals surface area contributed by atoms with Gasteiger partial charge in [0.25, 0.3) is 0 Å². The van der Waals surface area contributed by atoms with Gasteiger partial charge in [-0.15, -0.1) is 0 Å². The van der Waals surface area contributed by atoms with E-state index in [1.165, 1.54) is 5.56 Å². The third-order valence-corrected chi connectivity index (χ3v) is 4.76. The van der Waals surface area contributed by atoms with Crippen LogP contribution in [0.3, 0.4) is 0 Å². The van der Waals surface area contributed by atoms with Gasteiger partial charge in [-0.05, 0) is 36.8 Å². The number of aldehydes is 1. The number of morpholine rings is 1. The average molecular weight is 350 g/mol. The van der Waals surface area contributed by atoms with Crippen molar-refractivity contribution in [2.75, 3.05) is 31.6 Å². The molecule has 0 saturated carbocycles. The minimum absolute atomic E-state index is 0.487. The van der Waals surface area contributed by atoms with Crippen LogP contribution < -0.4 is 5.32 Å². The molecule has 3 heterocycles. The monoisotopic (exact) mass is 350 g/mol. The van der Waals surface area contributed by atoms with Gasteiger partial charge in [0.2, 0.25) is 0 Å². The molecule has 26 heavy (non-hydrogen) atoms. The number of hydrogen-bond donors (Lipinski definition) is 1. The van der Waals surface area contributed by atoms with Crippen LogP contribution in [0.4, 0.5) is 5.69 Å². The zero-order chi connectivity index (χ0) is 17.9. The molecule has 0 radical (unpaired) electrons. The number of benzene rings is 1. The van der Waals surface area contributed by atoms with Gasteiger partial charge >= 0.3 is 0 Å². The number of ether oxygens (including phenoxy) is 1. The van der Waals surface area contributed by atoms with Crippen LogP contribution in [0.5, 0.6) is 0 Å². The van der Waals surface area contributed by atoms with Gasteiger partial charge in [0, 0.05) is 48.3 Å². The fourth-order valence-electron chi connectivity index (χ4n) is 3.40. The molecular formula is C20H22N4O2. The molecule has 0 bridgehead atoms. The number of amidine groups is 1. The van der Waals surface area contributed by atoms with Crippen molar-refractivity contribution in [1.29, 1.82) is 0 Å². The van der Waals surface area contributed by atoms with Crippen molar-refractivity contribution < 1.29 is 9.53 Å². The van der Waals surface area contributed by atoms with Crippen molar-refractivity contribution in [3.05, 3.63) is 58.9 Å². The molecule has 134 valence electrons. The molecule has 6 nitrogen and oxygen atoms in total. The number of fused-ring (bicyclic) bond motifs is 1. The van der Waals surface area contributed by atoms with E-state index in [1.54, 1.807) is 6.20 Å². The van der Waals surface area contributed by atoms with Crippen LogP contribution in [0, 0.1) is 6.92 Å². The summed E-state index contributed by atoms with van der Waals surface area (Å²) in [6.07, 6.45) is 2.66. The highest BCUT2D eigenvalue weighted by atomic mass is 16.5. The Hall–Kier alpha value is -2.57. The molecule has 1 saturated heterocycles.